The van der Waals surface area contributed by atoms with Crippen LogP contribution in [0.15, 0.2) is 0 Å². The molecule has 16 heavy (non-hydrogen) atoms. The van der Waals surface area contributed by atoms with Crippen molar-refractivity contribution in [3.63, 3.8) is 0 Å². The third-order valence-electron chi connectivity index (χ3n) is 4.14. The van der Waals surface area contributed by atoms with Crippen LogP contribution in [-0.2, 0) is 9.59 Å². The van der Waals surface area contributed by atoms with Crippen molar-refractivity contribution in [1.29, 1.82) is 0 Å². The van der Waals surface area contributed by atoms with E-state index in [1.807, 2.05) is 0 Å². The fraction of sp³-hybridized carbons (Fsp3) is 0.857. The second kappa shape index (κ2) is 5.60. The Hall–Kier alpha value is -0.660. The predicted octanol–water partition coefficient (Wildman–Crippen LogP) is 3.29. The van der Waals surface area contributed by atoms with Gasteiger partial charge in [0, 0.05) is 24.7 Å². The average molecular weight is 222 g/mol. The van der Waals surface area contributed by atoms with Crippen LogP contribution in [0.3, 0.4) is 0 Å². The van der Waals surface area contributed by atoms with E-state index in [-0.39, 0.29) is 11.8 Å². The molecule has 0 amide bonds. The molecular formula is C14H22O2. The molecule has 2 nitrogen and oxygen atoms in total. The summed E-state index contributed by atoms with van der Waals surface area (Å²) in [6.07, 6.45) is 10.3. The van der Waals surface area contributed by atoms with Gasteiger partial charge in [0.2, 0.25) is 0 Å². The molecule has 2 rings (SSSR count). The van der Waals surface area contributed by atoms with Gasteiger partial charge in [0.05, 0.1) is 0 Å². The van der Waals surface area contributed by atoms with Gasteiger partial charge >= 0.3 is 0 Å². The zero-order valence-electron chi connectivity index (χ0n) is 10.0. The van der Waals surface area contributed by atoms with Gasteiger partial charge in [-0.3, -0.25) is 9.59 Å². The highest BCUT2D eigenvalue weighted by Crippen LogP contribution is 2.30. The van der Waals surface area contributed by atoms with E-state index in [1.165, 1.54) is 25.7 Å². The largest absolute Gasteiger partial charge is 0.300 e. The highest BCUT2D eigenvalue weighted by Gasteiger charge is 2.30. The molecule has 0 aromatic carbocycles. The molecule has 0 aromatic heterocycles. The van der Waals surface area contributed by atoms with Crippen molar-refractivity contribution in [2.75, 3.05) is 0 Å². The van der Waals surface area contributed by atoms with Crippen LogP contribution >= 0.6 is 0 Å². The zero-order chi connectivity index (χ0) is 11.4. The molecule has 1 unspecified atom stereocenters. The van der Waals surface area contributed by atoms with Crippen LogP contribution in [0.4, 0.5) is 0 Å². The first kappa shape index (κ1) is 11.8. The van der Waals surface area contributed by atoms with E-state index in [1.54, 1.807) is 0 Å². The van der Waals surface area contributed by atoms with Crippen molar-refractivity contribution in [2.24, 2.45) is 11.8 Å². The van der Waals surface area contributed by atoms with Gasteiger partial charge in [-0.05, 0) is 25.7 Å². The van der Waals surface area contributed by atoms with Crippen molar-refractivity contribution < 1.29 is 9.59 Å². The number of carbonyl (C=O) groups is 2. The molecule has 2 saturated carbocycles. The van der Waals surface area contributed by atoms with Gasteiger partial charge < -0.3 is 0 Å². The van der Waals surface area contributed by atoms with Gasteiger partial charge in [-0.2, -0.15) is 0 Å². The lowest BCUT2D eigenvalue weighted by Crippen LogP contribution is -2.28. The summed E-state index contributed by atoms with van der Waals surface area (Å²) in [6, 6.07) is 0. The number of Topliss-reactive ketones (excluding diaryl/α,β-unsaturated/α-hetero) is 2. The number of hydrogen-bond acceptors (Lipinski definition) is 2. The highest BCUT2D eigenvalue weighted by molar-refractivity contribution is 5.90. The molecule has 0 aliphatic heterocycles. The van der Waals surface area contributed by atoms with E-state index >= 15 is 0 Å². The van der Waals surface area contributed by atoms with Crippen molar-refractivity contribution in [2.45, 2.75) is 64.2 Å². The van der Waals surface area contributed by atoms with Gasteiger partial charge in [0.25, 0.3) is 0 Å². The third kappa shape index (κ3) is 2.93. The smallest absolute Gasteiger partial charge is 0.139 e. The summed E-state index contributed by atoms with van der Waals surface area (Å²) in [6.45, 7) is 0. The SMILES string of the molecule is O=C1CCCC(C(=O)C2CCCCCC2)C1. The van der Waals surface area contributed by atoms with Gasteiger partial charge in [0.1, 0.15) is 11.6 Å². The van der Waals surface area contributed by atoms with E-state index < -0.39 is 0 Å². The maximum absolute atomic E-state index is 12.3. The molecule has 0 saturated heterocycles. The van der Waals surface area contributed by atoms with Crippen molar-refractivity contribution >= 4 is 11.6 Å². The van der Waals surface area contributed by atoms with Gasteiger partial charge in [-0.15, -0.1) is 0 Å². The predicted molar refractivity (Wildman–Crippen MR) is 63.2 cm³/mol. The topological polar surface area (TPSA) is 34.1 Å². The molecule has 0 heterocycles. The summed E-state index contributed by atoms with van der Waals surface area (Å²) in [5.74, 6) is 1.07. The van der Waals surface area contributed by atoms with E-state index in [2.05, 4.69) is 0 Å². The van der Waals surface area contributed by atoms with Crippen molar-refractivity contribution in [3.05, 3.63) is 0 Å². The van der Waals surface area contributed by atoms with Crippen molar-refractivity contribution in [1.82, 2.24) is 0 Å². The zero-order valence-corrected chi connectivity index (χ0v) is 10.0. The van der Waals surface area contributed by atoms with Crippen LogP contribution in [0.1, 0.15) is 64.2 Å². The normalized spacial score (nSPS) is 28.8. The summed E-state index contributed by atoms with van der Waals surface area (Å²) in [4.78, 5) is 23.7. The van der Waals surface area contributed by atoms with Crippen LogP contribution in [0.25, 0.3) is 0 Å². The summed E-state index contributed by atoms with van der Waals surface area (Å²) in [5.41, 5.74) is 0. The fourth-order valence-electron chi connectivity index (χ4n) is 3.16. The minimum Gasteiger partial charge on any atom is -0.300 e. The lowest BCUT2D eigenvalue weighted by molar-refractivity contribution is -0.133. The van der Waals surface area contributed by atoms with Crippen molar-refractivity contribution in [3.8, 4) is 0 Å². The number of hydrogen-bond donors (Lipinski definition) is 0. The lowest BCUT2D eigenvalue weighted by Gasteiger charge is -2.23. The first-order valence-corrected chi connectivity index (χ1v) is 6.83. The minimum absolute atomic E-state index is 0.0735. The summed E-state index contributed by atoms with van der Waals surface area (Å²) < 4.78 is 0. The summed E-state index contributed by atoms with van der Waals surface area (Å²) in [5, 5.41) is 0. The second-order valence-electron chi connectivity index (χ2n) is 5.42. The number of rotatable bonds is 2. The Morgan fingerprint density at radius 2 is 1.50 bits per heavy atom. The first-order chi connectivity index (χ1) is 7.77. The number of carbonyl (C=O) groups excluding carboxylic acids is 2. The molecule has 2 fully saturated rings. The summed E-state index contributed by atoms with van der Waals surface area (Å²) >= 11 is 0. The Bertz CT molecular complexity index is 262. The van der Waals surface area contributed by atoms with Gasteiger partial charge in [-0.1, -0.05) is 25.7 Å². The molecule has 0 bridgehead atoms. The standard InChI is InChI=1S/C14H22O2/c15-13-9-5-8-12(10-13)14(16)11-6-3-1-2-4-7-11/h11-12H,1-10H2. The number of ketones is 2. The summed E-state index contributed by atoms with van der Waals surface area (Å²) in [7, 11) is 0. The Morgan fingerprint density at radius 3 is 2.12 bits per heavy atom. The maximum Gasteiger partial charge on any atom is 0.139 e. The van der Waals surface area contributed by atoms with E-state index in [4.69, 9.17) is 0 Å². The average Bonchev–Trinajstić information content (AvgIpc) is 2.56. The van der Waals surface area contributed by atoms with Crippen LogP contribution in [0.2, 0.25) is 0 Å². The first-order valence-electron chi connectivity index (χ1n) is 6.83. The van der Waals surface area contributed by atoms with Crippen LogP contribution in [0.5, 0.6) is 0 Å². The van der Waals surface area contributed by atoms with Gasteiger partial charge in [0.15, 0.2) is 0 Å². The molecule has 2 aliphatic rings. The molecule has 90 valence electrons. The Balaban J connectivity index is 1.91. The Labute approximate surface area is 97.8 Å². The monoisotopic (exact) mass is 222 g/mol. The molecule has 0 radical (unpaired) electrons. The molecule has 0 N–H and O–H groups in total. The fourth-order valence-corrected chi connectivity index (χ4v) is 3.16. The molecule has 1 atom stereocenters. The Kier molecular flexibility index (Phi) is 4.14. The van der Waals surface area contributed by atoms with Crippen LogP contribution < -0.4 is 0 Å². The van der Waals surface area contributed by atoms with E-state index in [0.29, 0.717) is 24.4 Å². The van der Waals surface area contributed by atoms with Gasteiger partial charge in [-0.25, -0.2) is 0 Å². The lowest BCUT2D eigenvalue weighted by atomic mass is 9.79. The maximum atomic E-state index is 12.3. The van der Waals surface area contributed by atoms with Crippen LogP contribution in [0, 0.1) is 11.8 Å². The Morgan fingerprint density at radius 1 is 0.875 bits per heavy atom. The second-order valence-corrected chi connectivity index (χ2v) is 5.42. The molecular weight excluding hydrogens is 200 g/mol. The minimum atomic E-state index is 0.0735. The highest BCUT2D eigenvalue weighted by atomic mass is 16.1. The van der Waals surface area contributed by atoms with E-state index in [0.717, 1.165) is 25.7 Å². The van der Waals surface area contributed by atoms with Crippen LogP contribution in [-0.4, -0.2) is 11.6 Å². The molecule has 0 aromatic rings. The molecule has 2 heteroatoms. The quantitative estimate of drug-likeness (QED) is 0.672. The molecule has 0 spiro atoms. The van der Waals surface area contributed by atoms with E-state index in [9.17, 15) is 9.59 Å². The molecule has 2 aliphatic carbocycles. The third-order valence-corrected chi connectivity index (χ3v) is 4.14.